The van der Waals surface area contributed by atoms with E-state index in [1.165, 1.54) is 257 Å². The first-order valence-corrected chi connectivity index (χ1v) is 34.8. The Hall–Kier alpha value is -1.28. The molecule has 0 aliphatic carbocycles. The van der Waals surface area contributed by atoms with E-state index < -0.39 is 20.0 Å². The number of quaternary nitrogens is 1. The number of nitrogens with one attached hydrogen (secondary N) is 1. The van der Waals surface area contributed by atoms with Crippen molar-refractivity contribution in [3.05, 3.63) is 36.5 Å². The minimum atomic E-state index is -4.58. The van der Waals surface area contributed by atoms with Gasteiger partial charge in [0.05, 0.1) is 39.9 Å². The summed E-state index contributed by atoms with van der Waals surface area (Å²) in [6, 6.07) is -0.805. The molecule has 0 spiro atoms. The SMILES string of the molecule is CCCCCCC/C=C\C/C=C\C/C=C\CCCCCCCCCCCCC(=O)NC(COP(=O)([O-])OCC[N+](C)(C)C)C(O)CCCCCCCCCCCCCCCCCCCCCCCCCCCCCCC. The molecule has 8 nitrogen and oxygen atoms in total. The Bertz CT molecular complexity index is 1330. The molecule has 0 saturated carbocycles. The van der Waals surface area contributed by atoms with Gasteiger partial charge in [0.2, 0.25) is 5.91 Å². The largest absolute Gasteiger partial charge is 0.756 e. The van der Waals surface area contributed by atoms with Gasteiger partial charge >= 0.3 is 0 Å². The van der Waals surface area contributed by atoms with Gasteiger partial charge in [-0.1, -0.05) is 314 Å². The fraction of sp³-hybridized carbons (Fsp3) is 0.896. The van der Waals surface area contributed by atoms with Gasteiger partial charge in [0.15, 0.2) is 0 Å². The number of allylic oxidation sites excluding steroid dienone is 6. The van der Waals surface area contributed by atoms with E-state index in [4.69, 9.17) is 9.05 Å². The molecule has 0 aromatic carbocycles. The molecule has 0 heterocycles. The summed E-state index contributed by atoms with van der Waals surface area (Å²) in [6.45, 7) is 4.75. The number of likely N-dealkylation sites (N-methyl/N-ethyl adjacent to an activating group) is 1. The van der Waals surface area contributed by atoms with E-state index in [0.717, 1.165) is 51.4 Å². The van der Waals surface area contributed by atoms with Crippen LogP contribution in [0.25, 0.3) is 0 Å². The highest BCUT2D eigenvalue weighted by molar-refractivity contribution is 7.45. The van der Waals surface area contributed by atoms with E-state index in [2.05, 4.69) is 55.6 Å². The first-order valence-electron chi connectivity index (χ1n) is 33.3. The van der Waals surface area contributed by atoms with Crippen LogP contribution in [-0.4, -0.2) is 68.5 Å². The molecule has 450 valence electrons. The zero-order valence-corrected chi connectivity index (χ0v) is 52.4. The van der Waals surface area contributed by atoms with E-state index in [-0.39, 0.29) is 19.1 Å². The van der Waals surface area contributed by atoms with Gasteiger partial charge in [0, 0.05) is 6.42 Å². The van der Waals surface area contributed by atoms with Gasteiger partial charge in [-0.25, -0.2) is 0 Å². The van der Waals surface area contributed by atoms with Crippen molar-refractivity contribution in [2.45, 2.75) is 347 Å². The van der Waals surface area contributed by atoms with Crippen LogP contribution in [0.5, 0.6) is 0 Å². The summed E-state index contributed by atoms with van der Waals surface area (Å²) in [4.78, 5) is 25.6. The maximum atomic E-state index is 13.0. The third kappa shape index (κ3) is 60.4. The lowest BCUT2D eigenvalue weighted by Gasteiger charge is -2.30. The second-order valence-corrected chi connectivity index (χ2v) is 25.6. The number of carbonyl (C=O) groups is 1. The number of phosphoric acid groups is 1. The Morgan fingerprint density at radius 1 is 0.461 bits per heavy atom. The molecule has 0 aliphatic heterocycles. The molecule has 0 aromatic heterocycles. The van der Waals surface area contributed by atoms with Crippen LogP contribution >= 0.6 is 7.82 Å². The van der Waals surface area contributed by atoms with Crippen LogP contribution in [0.15, 0.2) is 36.5 Å². The van der Waals surface area contributed by atoms with Gasteiger partial charge in [-0.2, -0.15) is 0 Å². The number of aliphatic hydroxyl groups excluding tert-OH is 1. The van der Waals surface area contributed by atoms with Crippen LogP contribution in [0.2, 0.25) is 0 Å². The molecular weight excluding hydrogens is 960 g/mol. The fourth-order valence-electron chi connectivity index (χ4n) is 10.2. The summed E-state index contributed by atoms with van der Waals surface area (Å²) in [5.41, 5.74) is 0. The third-order valence-electron chi connectivity index (χ3n) is 15.4. The Balaban J connectivity index is 4.07. The van der Waals surface area contributed by atoms with Crippen molar-refractivity contribution in [3.63, 3.8) is 0 Å². The monoisotopic (exact) mass is 1090 g/mol. The van der Waals surface area contributed by atoms with Crippen LogP contribution in [0.1, 0.15) is 335 Å². The lowest BCUT2D eigenvalue weighted by molar-refractivity contribution is -0.870. The van der Waals surface area contributed by atoms with Crippen molar-refractivity contribution in [2.75, 3.05) is 40.9 Å². The number of hydrogen-bond donors (Lipinski definition) is 2. The minimum Gasteiger partial charge on any atom is -0.756 e. The summed E-state index contributed by atoms with van der Waals surface area (Å²) in [5.74, 6) is -0.164. The quantitative estimate of drug-likeness (QED) is 0.0272. The lowest BCUT2D eigenvalue weighted by Crippen LogP contribution is -2.46. The highest BCUT2D eigenvalue weighted by Gasteiger charge is 2.24. The zero-order valence-electron chi connectivity index (χ0n) is 51.5. The highest BCUT2D eigenvalue weighted by atomic mass is 31.2. The average Bonchev–Trinajstić information content (AvgIpc) is 3.38. The third-order valence-corrected chi connectivity index (χ3v) is 16.3. The molecule has 0 aliphatic rings. The summed E-state index contributed by atoms with van der Waals surface area (Å²) >= 11 is 0. The summed E-state index contributed by atoms with van der Waals surface area (Å²) in [7, 11) is 1.31. The number of phosphoric ester groups is 1. The van der Waals surface area contributed by atoms with Gasteiger partial charge in [0.1, 0.15) is 13.2 Å². The van der Waals surface area contributed by atoms with Crippen molar-refractivity contribution in [1.29, 1.82) is 0 Å². The Morgan fingerprint density at radius 2 is 0.763 bits per heavy atom. The normalized spacial score (nSPS) is 13.9. The molecule has 0 fully saturated rings. The molecule has 0 rings (SSSR count). The summed E-state index contributed by atoms with van der Waals surface area (Å²) in [6.07, 6.45) is 76.3. The fourth-order valence-corrected chi connectivity index (χ4v) is 10.9. The number of aliphatic hydroxyl groups is 1. The van der Waals surface area contributed by atoms with Crippen molar-refractivity contribution < 1.29 is 32.9 Å². The Morgan fingerprint density at radius 3 is 1.11 bits per heavy atom. The topological polar surface area (TPSA) is 108 Å². The molecule has 0 aromatic rings. The van der Waals surface area contributed by atoms with Crippen LogP contribution < -0.4 is 10.2 Å². The van der Waals surface area contributed by atoms with Gasteiger partial charge in [-0.05, 0) is 51.4 Å². The van der Waals surface area contributed by atoms with Crippen LogP contribution in [0.4, 0.5) is 0 Å². The van der Waals surface area contributed by atoms with Gasteiger partial charge in [-0.15, -0.1) is 0 Å². The molecule has 3 unspecified atom stereocenters. The molecule has 3 atom stereocenters. The van der Waals surface area contributed by atoms with Crippen molar-refractivity contribution in [2.24, 2.45) is 0 Å². The number of hydrogen-bond acceptors (Lipinski definition) is 6. The second kappa shape index (κ2) is 58.4. The molecule has 2 N–H and O–H groups in total. The van der Waals surface area contributed by atoms with Crippen LogP contribution in [0, 0.1) is 0 Å². The molecule has 76 heavy (non-hydrogen) atoms. The zero-order chi connectivity index (χ0) is 55.6. The Labute approximate surface area is 474 Å². The number of carbonyl (C=O) groups excluding carboxylic acids is 1. The number of rotatable bonds is 62. The Kier molecular flexibility index (Phi) is 57.4. The maximum Gasteiger partial charge on any atom is 0.268 e. The van der Waals surface area contributed by atoms with E-state index in [1.807, 2.05) is 21.1 Å². The number of amides is 1. The second-order valence-electron chi connectivity index (χ2n) is 24.2. The maximum absolute atomic E-state index is 13.0. The summed E-state index contributed by atoms with van der Waals surface area (Å²) < 4.78 is 23.5. The molecule has 0 bridgehead atoms. The number of nitrogens with zero attached hydrogens (tertiary/aromatic N) is 1. The molecule has 0 saturated heterocycles. The van der Waals surface area contributed by atoms with E-state index >= 15 is 0 Å². The van der Waals surface area contributed by atoms with E-state index in [0.29, 0.717) is 23.9 Å². The first kappa shape index (κ1) is 74.7. The predicted molar refractivity (Wildman–Crippen MR) is 330 cm³/mol. The predicted octanol–water partition coefficient (Wildman–Crippen LogP) is 20.3. The van der Waals surface area contributed by atoms with Crippen LogP contribution in [-0.2, 0) is 18.4 Å². The molecule has 9 heteroatoms. The van der Waals surface area contributed by atoms with Crippen molar-refractivity contribution in [1.82, 2.24) is 5.32 Å². The van der Waals surface area contributed by atoms with Gasteiger partial charge < -0.3 is 28.8 Å². The van der Waals surface area contributed by atoms with Gasteiger partial charge in [0.25, 0.3) is 7.82 Å². The molecular formula is C67H131N2O6P. The molecule has 1 amide bonds. The minimum absolute atomic E-state index is 0.0118. The molecule has 0 radical (unpaired) electrons. The summed E-state index contributed by atoms with van der Waals surface area (Å²) in [5, 5.41) is 14.1. The van der Waals surface area contributed by atoms with Crippen molar-refractivity contribution >= 4 is 13.7 Å². The standard InChI is InChI=1S/C67H131N2O6P/c1-6-8-10-12-14-16-18-20-22-24-26-28-30-32-33-34-35-37-38-40-42-44-46-48-50-52-54-56-58-60-66(70)65(64-75-76(72,73)74-63-62-69(3,4)5)68-67(71)61-59-57-55-53-51-49-47-45-43-41-39-36-31-29-27-25-23-21-19-17-15-13-11-9-7-2/h19,21,25,27,31,36,65-66,70H,6-18,20,22-24,26,28-30,32-35,37-64H2,1-5H3,(H-,68,71,72,73)/b21-19-,27-25-,36-31-. The average molecular weight is 1090 g/mol. The lowest BCUT2D eigenvalue weighted by atomic mass is 10.0. The van der Waals surface area contributed by atoms with E-state index in [9.17, 15) is 19.4 Å². The first-order chi connectivity index (χ1) is 37.0. The van der Waals surface area contributed by atoms with Crippen molar-refractivity contribution in [3.8, 4) is 0 Å². The smallest absolute Gasteiger partial charge is 0.268 e. The highest BCUT2D eigenvalue weighted by Crippen LogP contribution is 2.38. The van der Waals surface area contributed by atoms with Gasteiger partial charge in [-0.3, -0.25) is 9.36 Å². The number of unbranched alkanes of at least 4 members (excludes halogenated alkanes) is 43. The van der Waals surface area contributed by atoms with E-state index in [1.54, 1.807) is 0 Å². The van der Waals surface area contributed by atoms with Crippen LogP contribution in [0.3, 0.4) is 0 Å².